The fourth-order valence-electron chi connectivity index (χ4n) is 17.3. The van der Waals surface area contributed by atoms with E-state index in [0.717, 1.165) is 67.1 Å². The third-order valence-corrected chi connectivity index (χ3v) is 43.0. The van der Waals surface area contributed by atoms with Crippen LogP contribution in [-0.2, 0) is 24.6 Å². The average Bonchev–Trinajstić information content (AvgIpc) is 1.60. The van der Waals surface area contributed by atoms with Crippen molar-refractivity contribution in [2.75, 3.05) is 73.9 Å². The van der Waals surface area contributed by atoms with Gasteiger partial charge in [-0.25, -0.2) is 9.97 Å². The zero-order valence-corrected chi connectivity index (χ0v) is 71.4. The fourth-order valence-corrected chi connectivity index (χ4v) is 37.7. The highest BCUT2D eigenvalue weighted by atomic mass is 31.2. The number of unbranched alkanes of at least 4 members (excludes halogenated alkanes) is 12. The highest BCUT2D eigenvalue weighted by Crippen LogP contribution is 2.66. The number of aromatic nitrogens is 4. The maximum absolute atomic E-state index is 5.92. The SMILES string of the molecule is CCCC[P+](CCCC)(CCCC)Cc1ccc(-c2c3nc(c(-c4ccc(C[P+](CCCC)(CCCC)CCCC)cc4)c4ccc([nH]4)c(-c4ccc(C[P+](CCCC)(CCCC)CCCC)cc4)c4nc(c(-c5ccc(C[P+](CCCC)(CCCC)CCCC)cc5)c5ccc2[nH]5)C=C4)C=C3)cc1. The molecule has 0 aliphatic carbocycles. The van der Waals surface area contributed by atoms with Crippen LogP contribution < -0.4 is 0 Å². The van der Waals surface area contributed by atoms with Crippen LogP contribution in [0.1, 0.15) is 282 Å². The first-order valence-electron chi connectivity index (χ1n) is 42.8. The van der Waals surface area contributed by atoms with Crippen molar-refractivity contribution in [2.24, 2.45) is 0 Å². The average molecular weight is 1480 g/mol. The summed E-state index contributed by atoms with van der Waals surface area (Å²) in [6.07, 6.45) is 62.8. The van der Waals surface area contributed by atoms with E-state index < -0.39 is 29.0 Å². The zero-order chi connectivity index (χ0) is 73.6. The lowest BCUT2D eigenvalue weighted by molar-refractivity contribution is 0.832. The first-order chi connectivity index (χ1) is 50.8. The lowest BCUT2D eigenvalue weighted by atomic mass is 10.0. The Morgan fingerprint density at radius 3 is 0.510 bits per heavy atom. The Balaban J connectivity index is 1.31. The lowest BCUT2D eigenvalue weighted by Crippen LogP contribution is -2.11. The van der Waals surface area contributed by atoms with E-state index >= 15 is 0 Å². The van der Waals surface area contributed by atoms with E-state index in [-0.39, 0.29) is 0 Å². The number of H-pyrrole nitrogens is 2. The number of hydrogen-bond acceptors (Lipinski definition) is 2. The molecule has 4 aromatic carbocycles. The molecule has 2 aliphatic heterocycles. The molecule has 0 unspecified atom stereocenters. The highest BCUT2D eigenvalue weighted by molar-refractivity contribution is 7.76. The van der Waals surface area contributed by atoms with E-state index in [4.69, 9.17) is 9.97 Å². The zero-order valence-electron chi connectivity index (χ0n) is 67.8. The molecular formula is C96H142N4P4+4. The van der Waals surface area contributed by atoms with Crippen molar-refractivity contribution < 1.29 is 0 Å². The number of rotatable bonds is 48. The molecular weight excluding hydrogens is 1330 g/mol. The second-order valence-electron chi connectivity index (χ2n) is 32.2. The molecule has 2 N–H and O–H groups in total. The standard InChI is InChI=1S/C96H142N4P4/c1-13-25-61-101(62-26-14-2,63-27-15-3)73-77-37-45-81(46-38-77)93-85-53-55-87(97-85)94(82-47-39-78(40-48-82)74-102(64-28-16-4,65-29-17-5)66-30-18-6)89-57-59-91(99-89)96(84-51-43-80(44-52-84)76-104(70-34-22-10,71-35-23-11)72-36-24-12)92-60-58-90(100-92)95(88-56-54-86(93)98-88)83-49-41-79(42-50-83)75-103(67-31-19-7,68-32-20-8)69-33-21-9/h37-60,97,100H,13-36,61-76H2,1-12H3/q+4. The topological polar surface area (TPSA) is 57.4 Å². The quantitative estimate of drug-likeness (QED) is 0.0374. The number of fused-ring (bicyclic) bond motifs is 8. The first-order valence-corrected chi connectivity index (χ1v) is 52.9. The summed E-state index contributed by atoms with van der Waals surface area (Å²) in [6.45, 7) is 28.7. The van der Waals surface area contributed by atoms with Gasteiger partial charge in [-0.15, -0.1) is 0 Å². The summed E-state index contributed by atoms with van der Waals surface area (Å²) < 4.78 is 0. The number of hydrogen-bond donors (Lipinski definition) is 2. The van der Waals surface area contributed by atoms with Gasteiger partial charge in [-0.05, 0) is 170 Å². The van der Waals surface area contributed by atoms with Crippen molar-refractivity contribution in [2.45, 2.75) is 262 Å². The molecule has 2 aliphatic rings. The molecule has 9 rings (SSSR count). The van der Waals surface area contributed by atoms with Gasteiger partial charge in [0.2, 0.25) is 0 Å². The molecule has 4 nitrogen and oxygen atoms in total. The highest BCUT2D eigenvalue weighted by Gasteiger charge is 2.40. The molecule has 0 saturated heterocycles. The van der Waals surface area contributed by atoms with E-state index in [0.29, 0.717) is 0 Å². The van der Waals surface area contributed by atoms with Crippen molar-refractivity contribution in [3.63, 3.8) is 0 Å². The largest absolute Gasteiger partial charge is 0.354 e. The Hall–Kier alpha value is -4.80. The monoisotopic (exact) mass is 1480 g/mol. The Bertz CT molecular complexity index is 3340. The molecule has 8 heteroatoms. The second-order valence-corrected chi connectivity index (χ2v) is 49.6. The normalized spacial score (nSPS) is 12.7. The number of nitrogens with zero attached hydrogens (tertiary/aromatic N) is 2. The Labute approximate surface area is 637 Å². The van der Waals surface area contributed by atoms with Crippen LogP contribution in [0.15, 0.2) is 121 Å². The molecule has 0 spiro atoms. The van der Waals surface area contributed by atoms with Gasteiger partial charge < -0.3 is 9.97 Å². The van der Waals surface area contributed by atoms with Gasteiger partial charge in [0.1, 0.15) is 0 Å². The van der Waals surface area contributed by atoms with Gasteiger partial charge in [-0.2, -0.15) is 0 Å². The molecule has 104 heavy (non-hydrogen) atoms. The minimum absolute atomic E-state index is 0.987. The third-order valence-electron chi connectivity index (χ3n) is 23.6. The van der Waals surface area contributed by atoms with Gasteiger partial charge in [-0.1, -0.05) is 257 Å². The Kier molecular flexibility index (Phi) is 34.3. The van der Waals surface area contributed by atoms with Crippen LogP contribution in [0.4, 0.5) is 0 Å². The van der Waals surface area contributed by atoms with Crippen LogP contribution in [0.3, 0.4) is 0 Å². The van der Waals surface area contributed by atoms with Gasteiger partial charge in [-0.3, -0.25) is 0 Å². The maximum atomic E-state index is 5.92. The van der Waals surface area contributed by atoms with Crippen LogP contribution in [0, 0.1) is 0 Å². The third kappa shape index (κ3) is 22.7. The summed E-state index contributed by atoms with van der Waals surface area (Å²) in [5, 5.41) is 0. The summed E-state index contributed by atoms with van der Waals surface area (Å²) in [5.41, 5.74) is 23.6. The molecule has 0 radical (unpaired) electrons. The van der Waals surface area contributed by atoms with E-state index in [1.165, 1.54) is 297 Å². The second kappa shape index (κ2) is 42.8. The summed E-state index contributed by atoms with van der Waals surface area (Å²) in [4.78, 5) is 20.2. The van der Waals surface area contributed by atoms with E-state index in [9.17, 15) is 0 Å². The Morgan fingerprint density at radius 1 is 0.212 bits per heavy atom. The molecule has 3 aromatic heterocycles. The predicted octanol–water partition coefficient (Wildman–Crippen LogP) is 31.0. The van der Waals surface area contributed by atoms with Crippen molar-refractivity contribution >= 4 is 75.4 Å². The number of benzene rings is 4. The molecule has 0 saturated carbocycles. The number of nitrogens with one attached hydrogen (secondary N) is 2. The molecule has 562 valence electrons. The molecule has 7 aromatic rings. The molecule has 8 bridgehead atoms. The van der Waals surface area contributed by atoms with Crippen LogP contribution in [-0.4, -0.2) is 93.9 Å². The van der Waals surface area contributed by atoms with Crippen molar-refractivity contribution in [1.29, 1.82) is 0 Å². The summed E-state index contributed by atoms with van der Waals surface area (Å²) >= 11 is 0. The van der Waals surface area contributed by atoms with E-state index in [1.807, 2.05) is 0 Å². The van der Waals surface area contributed by atoms with Gasteiger partial charge in [0.05, 0.1) is 121 Å². The number of aromatic amines is 2. The van der Waals surface area contributed by atoms with Crippen LogP contribution in [0.25, 0.3) is 90.9 Å². The molecule has 5 heterocycles. The minimum atomic E-state index is -1.18. The van der Waals surface area contributed by atoms with Gasteiger partial charge in [0.25, 0.3) is 0 Å². The van der Waals surface area contributed by atoms with Crippen LogP contribution in [0.2, 0.25) is 0 Å². The van der Waals surface area contributed by atoms with Gasteiger partial charge >= 0.3 is 0 Å². The van der Waals surface area contributed by atoms with E-state index in [1.54, 1.807) is 0 Å². The summed E-state index contributed by atoms with van der Waals surface area (Å²) in [6, 6.07) is 49.0. The maximum Gasteiger partial charge on any atom is 0.0842 e. The molecule has 0 fully saturated rings. The summed E-state index contributed by atoms with van der Waals surface area (Å²) in [7, 11) is -4.72. The first kappa shape index (κ1) is 83.2. The van der Waals surface area contributed by atoms with Crippen LogP contribution >= 0.6 is 29.0 Å². The predicted molar refractivity (Wildman–Crippen MR) is 480 cm³/mol. The Morgan fingerprint density at radius 2 is 0.365 bits per heavy atom. The van der Waals surface area contributed by atoms with Crippen molar-refractivity contribution in [3.05, 3.63) is 166 Å². The van der Waals surface area contributed by atoms with Crippen molar-refractivity contribution in [1.82, 2.24) is 19.9 Å². The van der Waals surface area contributed by atoms with Crippen molar-refractivity contribution in [3.8, 4) is 44.5 Å². The summed E-state index contributed by atoms with van der Waals surface area (Å²) in [5.74, 6) is 0. The van der Waals surface area contributed by atoms with Gasteiger partial charge in [0, 0.05) is 73.4 Å². The smallest absolute Gasteiger partial charge is 0.0842 e. The molecule has 0 atom stereocenters. The fraction of sp³-hybridized carbons (Fsp3) is 0.542. The minimum Gasteiger partial charge on any atom is -0.354 e. The van der Waals surface area contributed by atoms with Crippen LogP contribution in [0.5, 0.6) is 0 Å². The van der Waals surface area contributed by atoms with Gasteiger partial charge in [0.15, 0.2) is 0 Å². The van der Waals surface area contributed by atoms with E-state index in [2.05, 4.69) is 239 Å². The lowest BCUT2D eigenvalue weighted by Gasteiger charge is -2.28. The molecule has 0 amide bonds.